The van der Waals surface area contributed by atoms with E-state index in [9.17, 15) is 4.79 Å². The summed E-state index contributed by atoms with van der Waals surface area (Å²) in [6.45, 7) is 4.18. The van der Waals surface area contributed by atoms with Crippen molar-refractivity contribution in [3.63, 3.8) is 0 Å². The highest BCUT2D eigenvalue weighted by Gasteiger charge is 1.96. The fourth-order valence-corrected chi connectivity index (χ4v) is 2.70. The van der Waals surface area contributed by atoms with Crippen LogP contribution in [0, 0.1) is 0 Å². The zero-order valence-corrected chi connectivity index (χ0v) is 14.3. The summed E-state index contributed by atoms with van der Waals surface area (Å²) in [6.07, 6.45) is 19.9. The predicted octanol–water partition coefficient (Wildman–Crippen LogP) is 6.50. The topological polar surface area (TPSA) is 37.3 Å². The Morgan fingerprint density at radius 1 is 0.762 bits per heavy atom. The first-order chi connectivity index (χ1) is 10.2. The van der Waals surface area contributed by atoms with Crippen LogP contribution in [0.2, 0.25) is 0 Å². The second kappa shape index (κ2) is 15.6. The molecule has 0 bridgehead atoms. The van der Waals surface area contributed by atoms with Crippen molar-refractivity contribution in [1.82, 2.24) is 0 Å². The molecule has 0 aromatic heterocycles. The molecular formula is C19H36O2. The maximum Gasteiger partial charge on any atom is 0.328 e. The first kappa shape index (κ1) is 20.2. The van der Waals surface area contributed by atoms with Crippen LogP contribution in [0.1, 0.15) is 104 Å². The highest BCUT2D eigenvalue weighted by atomic mass is 16.4. The summed E-state index contributed by atoms with van der Waals surface area (Å²) >= 11 is 0. The first-order valence-corrected chi connectivity index (χ1v) is 9.07. The average molecular weight is 296 g/mol. The lowest BCUT2D eigenvalue weighted by Gasteiger charge is -2.03. The Kier molecular flexibility index (Phi) is 15.0. The van der Waals surface area contributed by atoms with Crippen molar-refractivity contribution in [3.05, 3.63) is 11.6 Å². The van der Waals surface area contributed by atoms with Crippen LogP contribution in [0.25, 0.3) is 0 Å². The van der Waals surface area contributed by atoms with E-state index in [1.54, 1.807) is 0 Å². The van der Waals surface area contributed by atoms with Crippen molar-refractivity contribution in [3.8, 4) is 0 Å². The normalized spacial score (nSPS) is 11.8. The van der Waals surface area contributed by atoms with E-state index in [0.29, 0.717) is 0 Å². The van der Waals surface area contributed by atoms with Crippen molar-refractivity contribution in [2.75, 3.05) is 0 Å². The largest absolute Gasteiger partial charge is 0.478 e. The van der Waals surface area contributed by atoms with Gasteiger partial charge in [0.05, 0.1) is 0 Å². The Hall–Kier alpha value is -0.790. The molecule has 0 rings (SSSR count). The zero-order chi connectivity index (χ0) is 15.8. The highest BCUT2D eigenvalue weighted by molar-refractivity contribution is 5.80. The van der Waals surface area contributed by atoms with Crippen molar-refractivity contribution in [1.29, 1.82) is 0 Å². The number of carbonyl (C=O) groups is 1. The molecule has 124 valence electrons. The van der Waals surface area contributed by atoms with E-state index in [-0.39, 0.29) is 0 Å². The van der Waals surface area contributed by atoms with Crippen LogP contribution in [0.4, 0.5) is 0 Å². The van der Waals surface area contributed by atoms with Crippen molar-refractivity contribution in [2.24, 2.45) is 0 Å². The van der Waals surface area contributed by atoms with Gasteiger partial charge in [-0.3, -0.25) is 0 Å². The molecule has 1 N–H and O–H groups in total. The molecule has 2 heteroatoms. The minimum Gasteiger partial charge on any atom is -0.478 e. The standard InChI is InChI=1S/C19H36O2/c1-3-4-5-6-7-8-9-10-11-12-13-14-15-16-18(2)17-19(20)21/h17H,3-16H2,1-2H3,(H,20,21)/b18-17+. The van der Waals surface area contributed by atoms with E-state index in [2.05, 4.69) is 6.92 Å². The summed E-state index contributed by atoms with van der Waals surface area (Å²) in [5.41, 5.74) is 0.991. The number of unbranched alkanes of at least 4 members (excludes halogenated alkanes) is 12. The van der Waals surface area contributed by atoms with E-state index in [1.807, 2.05) is 6.92 Å². The summed E-state index contributed by atoms with van der Waals surface area (Å²) in [6, 6.07) is 0. The van der Waals surface area contributed by atoms with E-state index < -0.39 is 5.97 Å². The number of hydrogen-bond donors (Lipinski definition) is 1. The molecule has 0 radical (unpaired) electrons. The molecule has 0 aliphatic carbocycles. The van der Waals surface area contributed by atoms with Crippen molar-refractivity contribution in [2.45, 2.75) is 104 Å². The highest BCUT2D eigenvalue weighted by Crippen LogP contribution is 2.14. The third-order valence-corrected chi connectivity index (χ3v) is 4.04. The molecule has 0 aromatic carbocycles. The number of allylic oxidation sites excluding steroid dienone is 1. The van der Waals surface area contributed by atoms with Gasteiger partial charge in [-0.05, 0) is 19.8 Å². The van der Waals surface area contributed by atoms with Gasteiger partial charge in [0.2, 0.25) is 0 Å². The van der Waals surface area contributed by atoms with Gasteiger partial charge in [0.1, 0.15) is 0 Å². The summed E-state index contributed by atoms with van der Waals surface area (Å²) in [5, 5.41) is 8.61. The van der Waals surface area contributed by atoms with Gasteiger partial charge in [0.15, 0.2) is 0 Å². The van der Waals surface area contributed by atoms with E-state index in [0.717, 1.165) is 18.4 Å². The SMILES string of the molecule is CCCCCCCCCCCCCCC/C(C)=C/C(=O)O. The third-order valence-electron chi connectivity index (χ3n) is 4.04. The van der Waals surface area contributed by atoms with Gasteiger partial charge in [0.25, 0.3) is 0 Å². The fraction of sp³-hybridized carbons (Fsp3) is 0.842. The quantitative estimate of drug-likeness (QED) is 0.277. The van der Waals surface area contributed by atoms with Crippen molar-refractivity contribution >= 4 is 5.97 Å². The van der Waals surface area contributed by atoms with Crippen LogP contribution in [0.15, 0.2) is 11.6 Å². The third kappa shape index (κ3) is 17.2. The lowest BCUT2D eigenvalue weighted by Crippen LogP contribution is -1.90. The van der Waals surface area contributed by atoms with Gasteiger partial charge in [-0.2, -0.15) is 0 Å². The Morgan fingerprint density at radius 2 is 1.14 bits per heavy atom. The van der Waals surface area contributed by atoms with Gasteiger partial charge in [-0.25, -0.2) is 4.79 Å². The summed E-state index contributed by atoms with van der Waals surface area (Å²) < 4.78 is 0. The molecule has 0 saturated carbocycles. The second-order valence-corrected chi connectivity index (χ2v) is 6.32. The molecule has 0 spiro atoms. The Labute approximate surface area is 132 Å². The minimum atomic E-state index is -0.817. The van der Waals surface area contributed by atoms with Crippen LogP contribution < -0.4 is 0 Å². The Morgan fingerprint density at radius 3 is 1.52 bits per heavy atom. The maximum atomic E-state index is 10.5. The number of carboxylic acids is 1. The number of aliphatic carboxylic acids is 1. The molecule has 0 fully saturated rings. The van der Waals surface area contributed by atoms with Crippen LogP contribution in [0.5, 0.6) is 0 Å². The molecule has 0 heterocycles. The molecule has 0 aromatic rings. The minimum absolute atomic E-state index is 0.817. The number of hydrogen-bond acceptors (Lipinski definition) is 1. The van der Waals surface area contributed by atoms with Crippen LogP contribution >= 0.6 is 0 Å². The summed E-state index contributed by atoms with van der Waals surface area (Å²) in [5.74, 6) is -0.817. The smallest absolute Gasteiger partial charge is 0.328 e. The van der Waals surface area contributed by atoms with E-state index in [4.69, 9.17) is 5.11 Å². The predicted molar refractivity (Wildman–Crippen MR) is 91.7 cm³/mol. The fourth-order valence-electron chi connectivity index (χ4n) is 2.70. The Bertz CT molecular complexity index is 269. The molecule has 2 nitrogen and oxygen atoms in total. The van der Waals surface area contributed by atoms with Gasteiger partial charge < -0.3 is 5.11 Å². The molecular weight excluding hydrogens is 260 g/mol. The summed E-state index contributed by atoms with van der Waals surface area (Å²) in [7, 11) is 0. The van der Waals surface area contributed by atoms with Crippen LogP contribution in [0.3, 0.4) is 0 Å². The molecule has 0 amide bonds. The molecule has 0 unspecified atom stereocenters. The van der Waals surface area contributed by atoms with Gasteiger partial charge >= 0.3 is 5.97 Å². The molecule has 21 heavy (non-hydrogen) atoms. The van der Waals surface area contributed by atoms with E-state index in [1.165, 1.54) is 83.1 Å². The second-order valence-electron chi connectivity index (χ2n) is 6.32. The van der Waals surface area contributed by atoms with Crippen LogP contribution in [-0.2, 0) is 4.79 Å². The molecule has 0 atom stereocenters. The lowest BCUT2D eigenvalue weighted by molar-refractivity contribution is -0.131. The number of carboxylic acid groups (broad SMARTS) is 1. The molecule has 0 aliphatic heterocycles. The lowest BCUT2D eigenvalue weighted by atomic mass is 10.0. The molecule has 0 aliphatic rings. The van der Waals surface area contributed by atoms with E-state index >= 15 is 0 Å². The van der Waals surface area contributed by atoms with Gasteiger partial charge in [-0.1, -0.05) is 89.5 Å². The van der Waals surface area contributed by atoms with Crippen LogP contribution in [-0.4, -0.2) is 11.1 Å². The average Bonchev–Trinajstić information content (AvgIpc) is 2.43. The monoisotopic (exact) mass is 296 g/mol. The Balaban J connectivity index is 3.14. The van der Waals surface area contributed by atoms with Gasteiger partial charge in [0, 0.05) is 6.08 Å². The zero-order valence-electron chi connectivity index (χ0n) is 14.3. The van der Waals surface area contributed by atoms with Gasteiger partial charge in [-0.15, -0.1) is 0 Å². The number of rotatable bonds is 15. The molecule has 0 saturated heterocycles. The first-order valence-electron chi connectivity index (χ1n) is 9.07. The van der Waals surface area contributed by atoms with Crippen molar-refractivity contribution < 1.29 is 9.90 Å². The maximum absolute atomic E-state index is 10.5. The summed E-state index contributed by atoms with van der Waals surface area (Å²) in [4.78, 5) is 10.5.